The molecule has 2 aliphatic heterocycles. The van der Waals surface area contributed by atoms with Crippen LogP contribution in [0.25, 0.3) is 22.3 Å². The molecule has 4 nitrogen and oxygen atoms in total. The first-order valence-electron chi connectivity index (χ1n) is 8.76. The van der Waals surface area contributed by atoms with Crippen LogP contribution in [0.15, 0.2) is 93.3 Å². The number of hydrogen-bond acceptors (Lipinski definition) is 4. The van der Waals surface area contributed by atoms with Gasteiger partial charge in [-0.25, -0.2) is 0 Å². The molecular weight excluding hydrogens is 320 g/mol. The lowest BCUT2D eigenvalue weighted by Gasteiger charge is -2.09. The van der Waals surface area contributed by atoms with Gasteiger partial charge in [-0.1, -0.05) is 66.7 Å². The lowest BCUT2D eigenvalue weighted by Crippen LogP contribution is -2.01. The molecule has 0 spiro atoms. The molecule has 0 atom stereocenters. The molecule has 0 aliphatic carbocycles. The topological polar surface area (TPSA) is 49.4 Å². The molecule has 2 aliphatic rings. The summed E-state index contributed by atoms with van der Waals surface area (Å²) < 4.78 is 0. The van der Waals surface area contributed by atoms with Crippen LogP contribution in [0, 0.1) is 0 Å². The predicted molar refractivity (Wildman–Crippen MR) is 102 cm³/mol. The average Bonchev–Trinajstić information content (AvgIpc) is 3.62. The third-order valence-electron chi connectivity index (χ3n) is 5.19. The van der Waals surface area contributed by atoms with E-state index in [0.717, 1.165) is 11.1 Å². The monoisotopic (exact) mass is 338 g/mol. The van der Waals surface area contributed by atoms with Gasteiger partial charge in [0.15, 0.2) is 0 Å². The molecular formula is C22H18N4. The van der Waals surface area contributed by atoms with Crippen LogP contribution >= 0.6 is 0 Å². The summed E-state index contributed by atoms with van der Waals surface area (Å²) in [5.74, 6) is 0. The van der Waals surface area contributed by atoms with E-state index in [1.165, 1.54) is 22.3 Å². The van der Waals surface area contributed by atoms with Gasteiger partial charge >= 0.3 is 0 Å². The standard InChI is InChI=1S/C22H18N4/c1-21(23-24-21)19-10-6-15(7-11-19)17-4-3-5-18(14-17)16-8-12-20(13-9-16)22(2)25-26-22/h3-14H,1-2H3. The minimum atomic E-state index is -0.321. The van der Waals surface area contributed by atoms with Crippen molar-refractivity contribution in [1.29, 1.82) is 0 Å². The van der Waals surface area contributed by atoms with Crippen LogP contribution in [0.5, 0.6) is 0 Å². The van der Waals surface area contributed by atoms with Crippen molar-refractivity contribution in [3.63, 3.8) is 0 Å². The van der Waals surface area contributed by atoms with E-state index in [9.17, 15) is 0 Å². The Bertz CT molecular complexity index is 952. The van der Waals surface area contributed by atoms with Crippen LogP contribution in [0.2, 0.25) is 0 Å². The summed E-state index contributed by atoms with van der Waals surface area (Å²) >= 11 is 0. The number of nitrogens with zero attached hydrogens (tertiary/aromatic N) is 4. The minimum absolute atomic E-state index is 0.321. The van der Waals surface area contributed by atoms with Gasteiger partial charge in [0.1, 0.15) is 0 Å². The molecule has 0 N–H and O–H groups in total. The van der Waals surface area contributed by atoms with Gasteiger partial charge < -0.3 is 0 Å². The zero-order chi connectivity index (χ0) is 17.8. The van der Waals surface area contributed by atoms with Crippen LogP contribution in [0.4, 0.5) is 0 Å². The molecule has 0 aromatic heterocycles. The molecule has 0 unspecified atom stereocenters. The zero-order valence-electron chi connectivity index (χ0n) is 14.7. The lowest BCUT2D eigenvalue weighted by molar-refractivity contribution is 0.729. The molecule has 5 rings (SSSR count). The van der Waals surface area contributed by atoms with Crippen molar-refractivity contribution >= 4 is 0 Å². The van der Waals surface area contributed by atoms with E-state index in [4.69, 9.17) is 0 Å². The summed E-state index contributed by atoms with van der Waals surface area (Å²) in [5.41, 5.74) is 6.42. The quantitative estimate of drug-likeness (QED) is 0.536. The molecule has 0 bridgehead atoms. The van der Waals surface area contributed by atoms with Crippen molar-refractivity contribution < 1.29 is 0 Å². The Hall–Kier alpha value is -3.14. The number of hydrogen-bond donors (Lipinski definition) is 0. The summed E-state index contributed by atoms with van der Waals surface area (Å²) in [6.07, 6.45) is 0. The molecule has 2 heterocycles. The van der Waals surface area contributed by atoms with Gasteiger partial charge in [-0.3, -0.25) is 0 Å². The largest absolute Gasteiger partial charge is 0.213 e. The Labute approximate surface area is 152 Å². The first-order valence-corrected chi connectivity index (χ1v) is 8.76. The van der Waals surface area contributed by atoms with Crippen molar-refractivity contribution in [2.75, 3.05) is 0 Å². The maximum atomic E-state index is 4.10. The molecule has 0 saturated heterocycles. The van der Waals surface area contributed by atoms with E-state index in [1.807, 2.05) is 13.8 Å². The van der Waals surface area contributed by atoms with Gasteiger partial charge in [0, 0.05) is 11.1 Å². The first-order chi connectivity index (χ1) is 12.6. The van der Waals surface area contributed by atoms with Gasteiger partial charge in [0.2, 0.25) is 11.3 Å². The summed E-state index contributed by atoms with van der Waals surface area (Å²) in [6.45, 7) is 4.05. The van der Waals surface area contributed by atoms with Crippen LogP contribution in [-0.2, 0) is 11.3 Å². The van der Waals surface area contributed by atoms with E-state index in [0.29, 0.717) is 0 Å². The average molecular weight is 338 g/mol. The highest BCUT2D eigenvalue weighted by Crippen LogP contribution is 2.40. The summed E-state index contributed by atoms with van der Waals surface area (Å²) in [6, 6.07) is 25.6. The lowest BCUT2D eigenvalue weighted by atomic mass is 9.95. The van der Waals surface area contributed by atoms with Crippen LogP contribution in [-0.4, -0.2) is 0 Å². The molecule has 3 aromatic carbocycles. The summed E-state index contributed by atoms with van der Waals surface area (Å²) in [5, 5.41) is 16.4. The van der Waals surface area contributed by atoms with Crippen molar-refractivity contribution in [3.8, 4) is 22.3 Å². The third kappa shape index (κ3) is 2.54. The molecule has 0 saturated carbocycles. The van der Waals surface area contributed by atoms with Gasteiger partial charge in [-0.15, -0.1) is 0 Å². The van der Waals surface area contributed by atoms with Crippen LogP contribution < -0.4 is 0 Å². The highest BCUT2D eigenvalue weighted by molar-refractivity contribution is 5.73. The number of rotatable bonds is 4. The van der Waals surface area contributed by atoms with Crippen molar-refractivity contribution in [3.05, 3.63) is 83.9 Å². The molecule has 4 heteroatoms. The molecule has 126 valence electrons. The SMILES string of the molecule is CC1(c2ccc(-c3cccc(-c4ccc(C5(C)N=N5)cc4)c3)cc2)N=N1. The Morgan fingerprint density at radius 3 is 1.23 bits per heavy atom. The van der Waals surface area contributed by atoms with Gasteiger partial charge in [0.25, 0.3) is 0 Å². The Balaban J connectivity index is 1.43. The number of benzene rings is 3. The van der Waals surface area contributed by atoms with Crippen molar-refractivity contribution in [2.45, 2.75) is 25.2 Å². The smallest absolute Gasteiger partial charge is 0.154 e. The Morgan fingerprint density at radius 2 is 0.885 bits per heavy atom. The summed E-state index contributed by atoms with van der Waals surface area (Å²) in [7, 11) is 0. The second kappa shape index (κ2) is 5.18. The molecule has 0 amide bonds. The maximum absolute atomic E-state index is 4.10. The van der Waals surface area contributed by atoms with E-state index < -0.39 is 0 Å². The fraction of sp³-hybridized carbons (Fsp3) is 0.182. The van der Waals surface area contributed by atoms with E-state index in [-0.39, 0.29) is 11.3 Å². The van der Waals surface area contributed by atoms with Crippen molar-refractivity contribution in [2.24, 2.45) is 20.5 Å². The molecule has 3 aromatic rings. The Kier molecular flexibility index (Phi) is 3.02. The first kappa shape index (κ1) is 15.1. The van der Waals surface area contributed by atoms with Crippen LogP contribution in [0.1, 0.15) is 25.0 Å². The molecule has 0 fully saturated rings. The second-order valence-corrected chi connectivity index (χ2v) is 7.18. The highest BCUT2D eigenvalue weighted by Gasteiger charge is 2.36. The molecule has 0 radical (unpaired) electrons. The third-order valence-corrected chi connectivity index (χ3v) is 5.19. The zero-order valence-corrected chi connectivity index (χ0v) is 14.7. The predicted octanol–water partition coefficient (Wildman–Crippen LogP) is 6.30. The van der Waals surface area contributed by atoms with Gasteiger partial charge in [0.05, 0.1) is 0 Å². The second-order valence-electron chi connectivity index (χ2n) is 7.18. The van der Waals surface area contributed by atoms with E-state index >= 15 is 0 Å². The van der Waals surface area contributed by atoms with Crippen LogP contribution in [0.3, 0.4) is 0 Å². The minimum Gasteiger partial charge on any atom is -0.154 e. The van der Waals surface area contributed by atoms with Crippen molar-refractivity contribution in [1.82, 2.24) is 0 Å². The highest BCUT2D eigenvalue weighted by atomic mass is 15.4. The van der Waals surface area contributed by atoms with Gasteiger partial charge in [-0.05, 0) is 42.2 Å². The normalized spacial score (nSPS) is 17.9. The van der Waals surface area contributed by atoms with E-state index in [1.54, 1.807) is 0 Å². The Morgan fingerprint density at radius 1 is 0.500 bits per heavy atom. The fourth-order valence-electron chi connectivity index (χ4n) is 3.22. The summed E-state index contributed by atoms with van der Waals surface area (Å²) in [4.78, 5) is 0. The maximum Gasteiger partial charge on any atom is 0.213 e. The fourth-order valence-corrected chi connectivity index (χ4v) is 3.22. The van der Waals surface area contributed by atoms with Gasteiger partial charge in [-0.2, -0.15) is 20.5 Å². The van der Waals surface area contributed by atoms with E-state index in [2.05, 4.69) is 93.3 Å². The molecule has 26 heavy (non-hydrogen) atoms.